The lowest BCUT2D eigenvalue weighted by Gasteiger charge is -2.53. The molecule has 0 atom stereocenters. The van der Waals surface area contributed by atoms with E-state index in [0.717, 1.165) is 18.8 Å². The monoisotopic (exact) mass is 279 g/mol. The average molecular weight is 280 g/mol. The van der Waals surface area contributed by atoms with E-state index in [-0.39, 0.29) is 0 Å². The summed E-state index contributed by atoms with van der Waals surface area (Å²) in [6, 6.07) is 4.94. The first-order chi connectivity index (χ1) is 9.10. The lowest BCUT2D eigenvalue weighted by atomic mass is 9.68. The summed E-state index contributed by atoms with van der Waals surface area (Å²) in [5.41, 5.74) is 1.66. The topological polar surface area (TPSA) is 40.5 Å². The van der Waals surface area contributed by atoms with Crippen LogP contribution in [0.4, 0.5) is 5.69 Å². The molecule has 0 radical (unpaired) electrons. The van der Waals surface area contributed by atoms with E-state index in [1.54, 1.807) is 18.2 Å². The van der Waals surface area contributed by atoms with Crippen molar-refractivity contribution in [2.45, 2.75) is 32.1 Å². The van der Waals surface area contributed by atoms with Gasteiger partial charge in [0.25, 0.3) is 0 Å². The molecule has 1 aromatic carbocycles. The van der Waals surface area contributed by atoms with Crippen molar-refractivity contribution in [3.8, 4) is 0 Å². The molecule has 19 heavy (non-hydrogen) atoms. The minimum Gasteiger partial charge on any atom is -0.478 e. The Morgan fingerprint density at radius 1 is 1.21 bits per heavy atom. The maximum atomic E-state index is 11.0. The van der Waals surface area contributed by atoms with Crippen LogP contribution in [-0.4, -0.2) is 24.2 Å². The van der Waals surface area contributed by atoms with Crippen LogP contribution in [0, 0.1) is 5.41 Å². The van der Waals surface area contributed by atoms with Crippen LogP contribution in [0.5, 0.6) is 0 Å². The highest BCUT2D eigenvalue weighted by Gasteiger charge is 2.43. The zero-order chi connectivity index (χ0) is 13.5. The van der Waals surface area contributed by atoms with Crippen LogP contribution >= 0.6 is 11.6 Å². The van der Waals surface area contributed by atoms with Gasteiger partial charge in [0, 0.05) is 18.5 Å². The number of carboxylic acids is 1. The predicted octanol–water partition coefficient (Wildman–Crippen LogP) is 3.81. The van der Waals surface area contributed by atoms with Gasteiger partial charge in [-0.2, -0.15) is 0 Å². The van der Waals surface area contributed by atoms with Crippen molar-refractivity contribution < 1.29 is 9.90 Å². The Morgan fingerprint density at radius 2 is 1.89 bits per heavy atom. The van der Waals surface area contributed by atoms with Crippen molar-refractivity contribution in [3.05, 3.63) is 28.8 Å². The van der Waals surface area contributed by atoms with E-state index in [2.05, 4.69) is 4.90 Å². The molecule has 3 rings (SSSR count). The van der Waals surface area contributed by atoms with Crippen LogP contribution < -0.4 is 4.90 Å². The number of nitrogens with zero attached hydrogens (tertiary/aromatic N) is 1. The van der Waals surface area contributed by atoms with Gasteiger partial charge in [-0.25, -0.2) is 4.79 Å². The quantitative estimate of drug-likeness (QED) is 0.895. The molecular formula is C15H18ClNO2. The van der Waals surface area contributed by atoms with Gasteiger partial charge >= 0.3 is 5.97 Å². The van der Waals surface area contributed by atoms with Crippen molar-refractivity contribution >= 4 is 23.3 Å². The normalized spacial score (nSPS) is 21.2. The number of carbonyl (C=O) groups is 1. The van der Waals surface area contributed by atoms with E-state index in [4.69, 9.17) is 16.7 Å². The fourth-order valence-electron chi connectivity index (χ4n) is 3.44. The predicted molar refractivity (Wildman–Crippen MR) is 76.1 cm³/mol. The lowest BCUT2D eigenvalue weighted by Crippen LogP contribution is -2.57. The summed E-state index contributed by atoms with van der Waals surface area (Å²) < 4.78 is 0. The first-order valence-electron chi connectivity index (χ1n) is 6.88. The van der Waals surface area contributed by atoms with Gasteiger partial charge in [0.2, 0.25) is 0 Å². The highest BCUT2D eigenvalue weighted by molar-refractivity contribution is 6.33. The Morgan fingerprint density at radius 3 is 2.53 bits per heavy atom. The fourth-order valence-corrected chi connectivity index (χ4v) is 3.68. The smallest absolute Gasteiger partial charge is 0.335 e. The van der Waals surface area contributed by atoms with Crippen LogP contribution in [0.3, 0.4) is 0 Å². The van der Waals surface area contributed by atoms with Crippen LogP contribution in [0.1, 0.15) is 42.5 Å². The largest absolute Gasteiger partial charge is 0.478 e. The standard InChI is InChI=1S/C15H18ClNO2/c16-12-5-4-11(14(18)19)8-13(12)17-9-15(10-17)6-2-1-3-7-15/h4-5,8H,1-3,6-7,9-10H2,(H,18,19). The molecule has 4 heteroatoms. The number of benzene rings is 1. The number of hydrogen-bond donors (Lipinski definition) is 1. The summed E-state index contributed by atoms with van der Waals surface area (Å²) in [6.45, 7) is 2.05. The first-order valence-corrected chi connectivity index (χ1v) is 7.25. The zero-order valence-electron chi connectivity index (χ0n) is 10.9. The minimum absolute atomic E-state index is 0.309. The van der Waals surface area contributed by atoms with Gasteiger partial charge < -0.3 is 10.0 Å². The third-order valence-electron chi connectivity index (χ3n) is 4.50. The van der Waals surface area contributed by atoms with Crippen molar-refractivity contribution in [2.75, 3.05) is 18.0 Å². The van der Waals surface area contributed by atoms with Gasteiger partial charge in [0.1, 0.15) is 0 Å². The molecule has 1 aliphatic heterocycles. The number of aromatic carboxylic acids is 1. The van der Waals surface area contributed by atoms with Crippen molar-refractivity contribution in [1.82, 2.24) is 0 Å². The second kappa shape index (κ2) is 4.71. The molecule has 1 saturated heterocycles. The maximum Gasteiger partial charge on any atom is 0.335 e. The molecule has 1 N–H and O–H groups in total. The Kier molecular flexibility index (Phi) is 3.17. The Labute approximate surface area is 118 Å². The summed E-state index contributed by atoms with van der Waals surface area (Å²) in [5, 5.41) is 9.70. The number of anilines is 1. The van der Waals surface area contributed by atoms with E-state index in [9.17, 15) is 4.79 Å². The minimum atomic E-state index is -0.897. The molecule has 1 aromatic rings. The van der Waals surface area contributed by atoms with Crippen LogP contribution in [0.2, 0.25) is 5.02 Å². The average Bonchev–Trinajstić information content (AvgIpc) is 2.37. The maximum absolute atomic E-state index is 11.0. The van der Waals surface area contributed by atoms with Gasteiger partial charge in [-0.3, -0.25) is 0 Å². The third-order valence-corrected chi connectivity index (χ3v) is 4.82. The molecular weight excluding hydrogens is 262 g/mol. The zero-order valence-corrected chi connectivity index (χ0v) is 11.6. The van der Waals surface area contributed by atoms with E-state index >= 15 is 0 Å². The summed E-state index contributed by atoms with van der Waals surface area (Å²) in [7, 11) is 0. The molecule has 0 aromatic heterocycles. The molecule has 1 aliphatic carbocycles. The summed E-state index contributed by atoms with van der Waals surface area (Å²) in [4.78, 5) is 13.2. The van der Waals surface area contributed by atoms with E-state index in [1.807, 2.05) is 0 Å². The van der Waals surface area contributed by atoms with Crippen molar-refractivity contribution in [1.29, 1.82) is 0 Å². The highest BCUT2D eigenvalue weighted by Crippen LogP contribution is 2.46. The Balaban J connectivity index is 1.77. The van der Waals surface area contributed by atoms with Crippen molar-refractivity contribution in [3.63, 3.8) is 0 Å². The first kappa shape index (κ1) is 12.8. The fraction of sp³-hybridized carbons (Fsp3) is 0.533. The number of carboxylic acid groups (broad SMARTS) is 1. The molecule has 1 heterocycles. The second-order valence-electron chi connectivity index (χ2n) is 5.89. The molecule has 102 valence electrons. The summed E-state index contributed by atoms with van der Waals surface area (Å²) in [5.74, 6) is -0.897. The van der Waals surface area contributed by atoms with Gasteiger partial charge in [-0.15, -0.1) is 0 Å². The Hall–Kier alpha value is -1.22. The van der Waals surface area contributed by atoms with Gasteiger partial charge in [0.15, 0.2) is 0 Å². The van der Waals surface area contributed by atoms with E-state index in [1.165, 1.54) is 32.1 Å². The summed E-state index contributed by atoms with van der Waals surface area (Å²) in [6.07, 6.45) is 6.63. The second-order valence-corrected chi connectivity index (χ2v) is 6.30. The van der Waals surface area contributed by atoms with Crippen LogP contribution in [0.15, 0.2) is 18.2 Å². The van der Waals surface area contributed by atoms with E-state index < -0.39 is 5.97 Å². The number of rotatable bonds is 2. The molecule has 0 bridgehead atoms. The summed E-state index contributed by atoms with van der Waals surface area (Å²) >= 11 is 6.20. The lowest BCUT2D eigenvalue weighted by molar-refractivity contribution is 0.0697. The Bertz CT molecular complexity index is 501. The third kappa shape index (κ3) is 2.32. The SMILES string of the molecule is O=C(O)c1ccc(Cl)c(N2CC3(CCCCC3)C2)c1. The molecule has 1 spiro atoms. The number of halogens is 1. The van der Waals surface area contributed by atoms with Crippen LogP contribution in [0.25, 0.3) is 0 Å². The van der Waals surface area contributed by atoms with Gasteiger partial charge in [0.05, 0.1) is 16.3 Å². The van der Waals surface area contributed by atoms with E-state index in [0.29, 0.717) is 16.0 Å². The van der Waals surface area contributed by atoms with Gasteiger partial charge in [-0.1, -0.05) is 30.9 Å². The molecule has 3 nitrogen and oxygen atoms in total. The molecule has 2 aliphatic rings. The molecule has 1 saturated carbocycles. The van der Waals surface area contributed by atoms with Crippen LogP contribution in [-0.2, 0) is 0 Å². The molecule has 0 amide bonds. The van der Waals surface area contributed by atoms with Crippen molar-refractivity contribution in [2.24, 2.45) is 5.41 Å². The number of hydrogen-bond acceptors (Lipinski definition) is 2. The molecule has 0 unspecified atom stereocenters. The highest BCUT2D eigenvalue weighted by atomic mass is 35.5. The van der Waals surface area contributed by atoms with Gasteiger partial charge in [-0.05, 0) is 31.0 Å². The molecule has 2 fully saturated rings.